The Morgan fingerprint density at radius 2 is 1.65 bits per heavy atom. The maximum atomic E-state index is 12.6. The monoisotopic (exact) mass is 416 g/mol. The average Bonchev–Trinajstić information content (AvgIpc) is 2.82. The zero-order chi connectivity index (χ0) is 22.2. The number of carbonyl (C=O) groups excluding carboxylic acids is 1. The van der Waals surface area contributed by atoms with Crippen LogP contribution < -0.4 is 18.9 Å². The van der Waals surface area contributed by atoms with Crippen LogP contribution >= 0.6 is 0 Å². The Morgan fingerprint density at radius 3 is 2.16 bits per heavy atom. The number of benzene rings is 2. The molecule has 0 N–H and O–H groups in total. The third-order valence-electron chi connectivity index (χ3n) is 4.36. The van der Waals surface area contributed by atoms with Gasteiger partial charge in [-0.25, -0.2) is 4.79 Å². The molecule has 0 spiro atoms. The molecule has 7 nitrogen and oxygen atoms in total. The molecular weight excluding hydrogens is 396 g/mol. The van der Waals surface area contributed by atoms with E-state index in [-0.39, 0.29) is 5.56 Å². The van der Waals surface area contributed by atoms with E-state index in [0.717, 1.165) is 5.56 Å². The van der Waals surface area contributed by atoms with Gasteiger partial charge in [-0.05, 0) is 48.0 Å². The Balaban J connectivity index is 1.79. The first-order chi connectivity index (χ1) is 15.1. The quantitative estimate of drug-likeness (QED) is 0.320. The maximum Gasteiger partial charge on any atom is 0.343 e. The first kappa shape index (κ1) is 21.4. The molecule has 0 atom stereocenters. The van der Waals surface area contributed by atoms with E-state index in [9.17, 15) is 10.1 Å². The Bertz CT molecular complexity index is 1110. The van der Waals surface area contributed by atoms with Gasteiger partial charge in [-0.1, -0.05) is 18.2 Å². The van der Waals surface area contributed by atoms with E-state index in [4.69, 9.17) is 18.9 Å². The van der Waals surface area contributed by atoms with Gasteiger partial charge < -0.3 is 18.9 Å². The van der Waals surface area contributed by atoms with E-state index in [1.54, 1.807) is 48.7 Å². The maximum absolute atomic E-state index is 12.6. The van der Waals surface area contributed by atoms with Crippen LogP contribution in [0.1, 0.15) is 21.6 Å². The molecule has 3 aromatic rings. The number of methoxy groups -OCH3 is 3. The van der Waals surface area contributed by atoms with Crippen molar-refractivity contribution in [2.75, 3.05) is 21.3 Å². The molecule has 0 aliphatic heterocycles. The van der Waals surface area contributed by atoms with Gasteiger partial charge in [0.15, 0.2) is 11.5 Å². The van der Waals surface area contributed by atoms with Gasteiger partial charge in [0.2, 0.25) is 5.75 Å². The average molecular weight is 416 g/mol. The Morgan fingerprint density at radius 1 is 0.968 bits per heavy atom. The highest BCUT2D eigenvalue weighted by Crippen LogP contribution is 2.38. The highest BCUT2D eigenvalue weighted by Gasteiger charge is 2.18. The molecule has 0 unspecified atom stereocenters. The van der Waals surface area contributed by atoms with Gasteiger partial charge in [-0.2, -0.15) is 5.26 Å². The summed E-state index contributed by atoms with van der Waals surface area (Å²) in [4.78, 5) is 16.8. The van der Waals surface area contributed by atoms with Gasteiger partial charge in [0.25, 0.3) is 0 Å². The SMILES string of the molecule is COc1cc(C(=O)Oc2ccc(/C=C(\C#N)c3ccccn3)cc2)cc(OC)c1OC. The van der Waals surface area contributed by atoms with E-state index >= 15 is 0 Å². The molecule has 0 saturated heterocycles. The highest BCUT2D eigenvalue weighted by atomic mass is 16.5. The van der Waals surface area contributed by atoms with E-state index in [1.165, 1.54) is 33.5 Å². The van der Waals surface area contributed by atoms with Gasteiger partial charge in [-0.3, -0.25) is 4.98 Å². The fourth-order valence-electron chi connectivity index (χ4n) is 2.85. The number of nitrogens with zero attached hydrogens (tertiary/aromatic N) is 2. The molecule has 0 fully saturated rings. The Labute approximate surface area is 180 Å². The van der Waals surface area contributed by atoms with Crippen LogP contribution in [0.5, 0.6) is 23.0 Å². The standard InChI is InChI=1S/C24H20N2O5/c1-28-21-13-17(14-22(29-2)23(21)30-3)24(27)31-19-9-7-16(8-10-19)12-18(15-25)20-6-4-5-11-26-20/h4-14H,1-3H3/b18-12+. The molecule has 0 aliphatic carbocycles. The molecule has 0 bridgehead atoms. The molecule has 1 aromatic heterocycles. The Hall–Kier alpha value is -4.31. The molecule has 31 heavy (non-hydrogen) atoms. The van der Waals surface area contributed by atoms with E-state index in [2.05, 4.69) is 11.1 Å². The number of esters is 1. The van der Waals surface area contributed by atoms with Crippen LogP contribution in [0.4, 0.5) is 0 Å². The van der Waals surface area contributed by atoms with Crippen LogP contribution in [0.15, 0.2) is 60.8 Å². The summed E-state index contributed by atoms with van der Waals surface area (Å²) in [6, 6.07) is 17.4. The summed E-state index contributed by atoms with van der Waals surface area (Å²) < 4.78 is 21.3. The molecule has 7 heteroatoms. The van der Waals surface area contributed by atoms with E-state index in [0.29, 0.717) is 34.3 Å². The zero-order valence-corrected chi connectivity index (χ0v) is 17.3. The van der Waals surface area contributed by atoms with Gasteiger partial charge in [0.05, 0.1) is 38.2 Å². The van der Waals surface area contributed by atoms with Crippen molar-refractivity contribution >= 4 is 17.6 Å². The molecule has 156 valence electrons. The smallest absolute Gasteiger partial charge is 0.343 e. The molecule has 0 radical (unpaired) electrons. The number of aromatic nitrogens is 1. The minimum absolute atomic E-state index is 0.250. The van der Waals surface area contributed by atoms with Crippen molar-refractivity contribution in [1.29, 1.82) is 5.26 Å². The summed E-state index contributed by atoms with van der Waals surface area (Å²) in [5.74, 6) is 0.876. The molecule has 0 saturated carbocycles. The van der Waals surface area contributed by atoms with Crippen LogP contribution in [0.3, 0.4) is 0 Å². The lowest BCUT2D eigenvalue weighted by atomic mass is 10.1. The van der Waals surface area contributed by atoms with Crippen molar-refractivity contribution < 1.29 is 23.7 Å². The van der Waals surface area contributed by atoms with Crippen molar-refractivity contribution in [3.05, 3.63) is 77.6 Å². The summed E-state index contributed by atoms with van der Waals surface area (Å²) in [6.45, 7) is 0. The fraction of sp³-hybridized carbons (Fsp3) is 0.125. The predicted molar refractivity (Wildman–Crippen MR) is 115 cm³/mol. The largest absolute Gasteiger partial charge is 0.493 e. The molecular formula is C24H20N2O5. The third-order valence-corrected chi connectivity index (χ3v) is 4.36. The first-order valence-corrected chi connectivity index (χ1v) is 9.25. The number of nitriles is 1. The molecule has 3 rings (SSSR count). The minimum atomic E-state index is -0.575. The van der Waals surface area contributed by atoms with Crippen molar-refractivity contribution in [1.82, 2.24) is 4.98 Å². The number of allylic oxidation sites excluding steroid dienone is 1. The summed E-state index contributed by atoms with van der Waals surface area (Å²) in [6.07, 6.45) is 3.35. The molecule has 0 aliphatic rings. The van der Waals surface area contributed by atoms with E-state index < -0.39 is 5.97 Å². The van der Waals surface area contributed by atoms with Gasteiger partial charge in [-0.15, -0.1) is 0 Å². The predicted octanol–water partition coefficient (Wildman–Crippen LogP) is 4.39. The lowest BCUT2D eigenvalue weighted by Gasteiger charge is -2.13. The molecule has 0 amide bonds. The zero-order valence-electron chi connectivity index (χ0n) is 17.3. The van der Waals surface area contributed by atoms with Crippen molar-refractivity contribution in [3.63, 3.8) is 0 Å². The summed E-state index contributed by atoms with van der Waals surface area (Å²) in [7, 11) is 4.43. The van der Waals surface area contributed by atoms with Crippen LogP contribution in [0, 0.1) is 11.3 Å². The second-order valence-corrected chi connectivity index (χ2v) is 6.26. The van der Waals surface area contributed by atoms with Crippen LogP contribution in [0.25, 0.3) is 11.6 Å². The second-order valence-electron chi connectivity index (χ2n) is 6.26. The number of ether oxygens (including phenoxy) is 4. The summed E-state index contributed by atoms with van der Waals surface area (Å²) >= 11 is 0. The lowest BCUT2D eigenvalue weighted by molar-refractivity contribution is 0.0734. The van der Waals surface area contributed by atoms with Gasteiger partial charge >= 0.3 is 5.97 Å². The van der Waals surface area contributed by atoms with Crippen LogP contribution in [-0.2, 0) is 0 Å². The lowest BCUT2D eigenvalue weighted by Crippen LogP contribution is -2.09. The topological polar surface area (TPSA) is 90.7 Å². The first-order valence-electron chi connectivity index (χ1n) is 9.25. The Kier molecular flexibility index (Phi) is 6.86. The number of rotatable bonds is 7. The van der Waals surface area contributed by atoms with Crippen LogP contribution in [0.2, 0.25) is 0 Å². The number of hydrogen-bond donors (Lipinski definition) is 0. The summed E-state index contributed by atoms with van der Waals surface area (Å²) in [5.41, 5.74) is 2.04. The van der Waals surface area contributed by atoms with Crippen LogP contribution in [-0.4, -0.2) is 32.3 Å². The minimum Gasteiger partial charge on any atom is -0.493 e. The summed E-state index contributed by atoms with van der Waals surface area (Å²) in [5, 5.41) is 9.41. The van der Waals surface area contributed by atoms with Crippen molar-refractivity contribution in [2.24, 2.45) is 0 Å². The molecule has 1 heterocycles. The highest BCUT2D eigenvalue weighted by molar-refractivity contribution is 5.93. The number of carbonyl (C=O) groups is 1. The third kappa shape index (κ3) is 5.00. The van der Waals surface area contributed by atoms with Crippen molar-refractivity contribution in [3.8, 4) is 29.1 Å². The van der Waals surface area contributed by atoms with Crippen molar-refractivity contribution in [2.45, 2.75) is 0 Å². The van der Waals surface area contributed by atoms with Gasteiger partial charge in [0.1, 0.15) is 11.8 Å². The number of hydrogen-bond acceptors (Lipinski definition) is 7. The normalized spacial score (nSPS) is 10.7. The van der Waals surface area contributed by atoms with Gasteiger partial charge in [0, 0.05) is 6.20 Å². The number of pyridine rings is 1. The van der Waals surface area contributed by atoms with E-state index in [1.807, 2.05) is 6.07 Å². The second kappa shape index (κ2) is 9.94. The molecule has 2 aromatic carbocycles. The fourth-order valence-corrected chi connectivity index (χ4v) is 2.85.